The molecule has 0 aromatic heterocycles. The number of hydrogen-bond acceptors (Lipinski definition) is 3. The minimum atomic E-state index is -0.190. The molecule has 3 rings (SSSR count). The van der Waals surface area contributed by atoms with Gasteiger partial charge in [-0.25, -0.2) is 0 Å². The predicted molar refractivity (Wildman–Crippen MR) is 94.3 cm³/mol. The average Bonchev–Trinajstić information content (AvgIpc) is 2.87. The number of fused-ring (bicyclic) bond motifs is 1. The van der Waals surface area contributed by atoms with E-state index in [1.165, 1.54) is 4.90 Å². The number of hydrogen-bond donors (Lipinski definition) is 1. The third kappa shape index (κ3) is 3.81. The Morgan fingerprint density at radius 2 is 1.72 bits per heavy atom. The predicted octanol–water partition coefficient (Wildman–Crippen LogP) is 2.60. The van der Waals surface area contributed by atoms with Crippen LogP contribution in [0.25, 0.3) is 0 Å². The maximum Gasteiger partial charge on any atom is 0.233 e. The van der Waals surface area contributed by atoms with Crippen molar-refractivity contribution in [3.63, 3.8) is 0 Å². The van der Waals surface area contributed by atoms with E-state index in [1.54, 1.807) is 0 Å². The molecule has 1 aliphatic heterocycles. The zero-order valence-corrected chi connectivity index (χ0v) is 14.5. The highest BCUT2D eigenvalue weighted by Gasteiger charge is 2.46. The second-order valence-electron chi connectivity index (χ2n) is 6.79. The van der Waals surface area contributed by atoms with E-state index in [9.17, 15) is 14.4 Å². The van der Waals surface area contributed by atoms with Gasteiger partial charge in [0, 0.05) is 13.0 Å². The fourth-order valence-corrected chi connectivity index (χ4v) is 3.63. The van der Waals surface area contributed by atoms with Crippen molar-refractivity contribution in [1.29, 1.82) is 0 Å². The van der Waals surface area contributed by atoms with Crippen molar-refractivity contribution >= 4 is 17.7 Å². The van der Waals surface area contributed by atoms with Gasteiger partial charge < -0.3 is 5.32 Å². The fourth-order valence-electron chi connectivity index (χ4n) is 3.63. The number of carbonyl (C=O) groups is 3. The van der Waals surface area contributed by atoms with Crippen molar-refractivity contribution in [2.75, 3.05) is 6.54 Å². The van der Waals surface area contributed by atoms with Gasteiger partial charge in [0.15, 0.2) is 0 Å². The van der Waals surface area contributed by atoms with Crippen LogP contribution in [-0.4, -0.2) is 29.2 Å². The zero-order chi connectivity index (χ0) is 17.8. The summed E-state index contributed by atoms with van der Waals surface area (Å²) in [5, 5.41) is 2.96. The van der Waals surface area contributed by atoms with Crippen molar-refractivity contribution in [3.8, 4) is 0 Å². The van der Waals surface area contributed by atoms with Crippen molar-refractivity contribution in [2.24, 2.45) is 11.8 Å². The van der Waals surface area contributed by atoms with E-state index in [0.29, 0.717) is 32.2 Å². The first kappa shape index (κ1) is 17.4. The van der Waals surface area contributed by atoms with E-state index in [0.717, 1.165) is 5.56 Å². The van der Waals surface area contributed by atoms with Crippen molar-refractivity contribution < 1.29 is 14.4 Å². The zero-order valence-electron chi connectivity index (χ0n) is 14.5. The molecule has 0 saturated carbocycles. The third-order valence-electron chi connectivity index (χ3n) is 5.06. The molecular formula is C20H24N2O3. The highest BCUT2D eigenvalue weighted by Crippen LogP contribution is 2.35. The van der Waals surface area contributed by atoms with E-state index in [4.69, 9.17) is 0 Å². The van der Waals surface area contributed by atoms with Crippen LogP contribution in [0.5, 0.6) is 0 Å². The highest BCUT2D eigenvalue weighted by atomic mass is 16.2. The van der Waals surface area contributed by atoms with Gasteiger partial charge in [0.25, 0.3) is 0 Å². The second kappa shape index (κ2) is 7.64. The van der Waals surface area contributed by atoms with Gasteiger partial charge in [-0.15, -0.1) is 0 Å². The second-order valence-corrected chi connectivity index (χ2v) is 6.79. The van der Waals surface area contributed by atoms with Crippen LogP contribution in [0.3, 0.4) is 0 Å². The summed E-state index contributed by atoms with van der Waals surface area (Å²) in [6.07, 6.45) is 6.07. The van der Waals surface area contributed by atoms with Gasteiger partial charge in [-0.1, -0.05) is 42.5 Å². The van der Waals surface area contributed by atoms with Crippen molar-refractivity contribution in [1.82, 2.24) is 10.2 Å². The van der Waals surface area contributed by atoms with Gasteiger partial charge in [-0.05, 0) is 31.7 Å². The molecule has 132 valence electrons. The molecular weight excluding hydrogens is 316 g/mol. The summed E-state index contributed by atoms with van der Waals surface area (Å²) in [7, 11) is 0. The minimum Gasteiger partial charge on any atom is -0.350 e. The number of imide groups is 1. The van der Waals surface area contributed by atoms with Gasteiger partial charge in [0.2, 0.25) is 17.7 Å². The number of rotatable bonds is 6. The number of amides is 3. The quantitative estimate of drug-likeness (QED) is 0.639. The molecule has 2 aliphatic rings. The molecule has 0 bridgehead atoms. The first-order valence-electron chi connectivity index (χ1n) is 8.92. The van der Waals surface area contributed by atoms with Gasteiger partial charge in [0.05, 0.1) is 17.9 Å². The molecule has 1 aliphatic carbocycles. The van der Waals surface area contributed by atoms with E-state index >= 15 is 0 Å². The Morgan fingerprint density at radius 3 is 2.32 bits per heavy atom. The summed E-state index contributed by atoms with van der Waals surface area (Å²) in [6.45, 7) is 2.27. The van der Waals surface area contributed by atoms with E-state index in [-0.39, 0.29) is 35.6 Å². The molecule has 1 heterocycles. The van der Waals surface area contributed by atoms with Crippen molar-refractivity contribution in [2.45, 2.75) is 38.6 Å². The molecule has 1 saturated heterocycles. The molecule has 5 nitrogen and oxygen atoms in total. The molecule has 1 fully saturated rings. The van der Waals surface area contributed by atoms with Gasteiger partial charge in [-0.2, -0.15) is 0 Å². The van der Waals surface area contributed by atoms with Crippen LogP contribution < -0.4 is 5.32 Å². The molecule has 0 radical (unpaired) electrons. The van der Waals surface area contributed by atoms with Crippen LogP contribution >= 0.6 is 0 Å². The lowest BCUT2D eigenvalue weighted by molar-refractivity contribution is -0.140. The highest BCUT2D eigenvalue weighted by molar-refractivity contribution is 6.05. The molecule has 0 spiro atoms. The molecule has 1 N–H and O–H groups in total. The lowest BCUT2D eigenvalue weighted by Gasteiger charge is -2.16. The average molecular weight is 340 g/mol. The summed E-state index contributed by atoms with van der Waals surface area (Å²) in [4.78, 5) is 38.2. The van der Waals surface area contributed by atoms with Crippen LogP contribution in [0.15, 0.2) is 42.5 Å². The van der Waals surface area contributed by atoms with Crippen LogP contribution in [0.2, 0.25) is 0 Å². The van der Waals surface area contributed by atoms with E-state index < -0.39 is 0 Å². The van der Waals surface area contributed by atoms with E-state index in [1.807, 2.05) is 49.4 Å². The van der Waals surface area contributed by atoms with Crippen LogP contribution in [0, 0.1) is 11.8 Å². The molecule has 3 amide bonds. The third-order valence-corrected chi connectivity index (χ3v) is 5.06. The standard InChI is InChI=1S/C20H24N2O3/c1-14(15-8-3-2-4-9-15)21-18(23)12-7-13-22-19(24)16-10-5-6-11-17(16)20(22)25/h2-6,8-9,14,16-17H,7,10-13H2,1H3,(H,21,23)/t14-,16-,17+/m0/s1. The molecule has 25 heavy (non-hydrogen) atoms. The van der Waals surface area contributed by atoms with Crippen LogP contribution in [-0.2, 0) is 14.4 Å². The van der Waals surface area contributed by atoms with Gasteiger partial charge in [-0.3, -0.25) is 19.3 Å². The largest absolute Gasteiger partial charge is 0.350 e. The Bertz CT molecular complexity index is 657. The number of allylic oxidation sites excluding steroid dienone is 2. The van der Waals surface area contributed by atoms with Gasteiger partial charge in [0.1, 0.15) is 0 Å². The summed E-state index contributed by atoms with van der Waals surface area (Å²) in [5.74, 6) is -0.585. The van der Waals surface area contributed by atoms with E-state index in [2.05, 4.69) is 5.32 Å². The Kier molecular flexibility index (Phi) is 5.31. The lowest BCUT2D eigenvalue weighted by atomic mass is 9.85. The van der Waals surface area contributed by atoms with Crippen LogP contribution in [0.1, 0.15) is 44.2 Å². The normalized spacial score (nSPS) is 23.5. The number of benzene rings is 1. The Balaban J connectivity index is 1.46. The maximum absolute atomic E-state index is 12.4. The Morgan fingerprint density at radius 1 is 1.12 bits per heavy atom. The SMILES string of the molecule is C[C@H](NC(=O)CCCN1C(=O)[C@H]2CC=CC[C@H]2C1=O)c1ccccc1. The first-order valence-corrected chi connectivity index (χ1v) is 8.92. The number of likely N-dealkylation sites (tertiary alicyclic amines) is 1. The topological polar surface area (TPSA) is 66.5 Å². The molecule has 0 unspecified atom stereocenters. The fraction of sp³-hybridized carbons (Fsp3) is 0.450. The summed E-state index contributed by atoms with van der Waals surface area (Å²) in [6, 6.07) is 9.71. The smallest absolute Gasteiger partial charge is 0.233 e. The summed E-state index contributed by atoms with van der Waals surface area (Å²) < 4.78 is 0. The maximum atomic E-state index is 12.4. The molecule has 1 aromatic carbocycles. The minimum absolute atomic E-state index is 0.0577. The lowest BCUT2D eigenvalue weighted by Crippen LogP contribution is -2.33. The summed E-state index contributed by atoms with van der Waals surface area (Å²) in [5.41, 5.74) is 1.05. The van der Waals surface area contributed by atoms with Crippen molar-refractivity contribution in [3.05, 3.63) is 48.0 Å². The number of carbonyl (C=O) groups excluding carboxylic acids is 3. The molecule has 5 heteroatoms. The Labute approximate surface area is 148 Å². The van der Waals surface area contributed by atoms with Gasteiger partial charge >= 0.3 is 0 Å². The first-order chi connectivity index (χ1) is 12.1. The monoisotopic (exact) mass is 340 g/mol. The summed E-state index contributed by atoms with van der Waals surface area (Å²) >= 11 is 0. The number of nitrogens with one attached hydrogen (secondary N) is 1. The molecule has 1 aromatic rings. The Hall–Kier alpha value is -2.43. The van der Waals surface area contributed by atoms with Crippen LogP contribution in [0.4, 0.5) is 0 Å². The molecule has 3 atom stereocenters. The number of nitrogens with zero attached hydrogens (tertiary/aromatic N) is 1.